The van der Waals surface area contributed by atoms with Crippen molar-refractivity contribution in [2.45, 2.75) is 20.4 Å². The van der Waals surface area contributed by atoms with Crippen LogP contribution in [0.3, 0.4) is 0 Å². The van der Waals surface area contributed by atoms with Gasteiger partial charge in [-0.15, -0.1) is 0 Å². The SMILES string of the molecule is CCN1CCN(Cc2nc3cc(NC(=O)COc4ccc(Cl)c(C)c4)ccc3n2C)CC1. The van der Waals surface area contributed by atoms with E-state index >= 15 is 0 Å². The van der Waals surface area contributed by atoms with Crippen LogP contribution in [-0.2, 0) is 18.4 Å². The quantitative estimate of drug-likeness (QED) is 0.588. The molecule has 1 amide bonds. The lowest BCUT2D eigenvalue weighted by molar-refractivity contribution is -0.118. The van der Waals surface area contributed by atoms with E-state index in [1.807, 2.05) is 38.2 Å². The number of halogens is 1. The van der Waals surface area contributed by atoms with Crippen molar-refractivity contribution in [3.63, 3.8) is 0 Å². The molecular formula is C24H30ClN5O2. The standard InChI is InChI=1S/C24H30ClN5O2/c1-4-29-9-11-30(12-10-29)15-23-27-21-14-18(5-8-22(21)28(23)3)26-24(31)16-32-19-6-7-20(25)17(2)13-19/h5-8,13-14H,4,9-12,15-16H2,1-3H3,(H,26,31). The van der Waals surface area contributed by atoms with Crippen LogP contribution in [0.1, 0.15) is 18.3 Å². The number of nitrogens with zero attached hydrogens (tertiary/aromatic N) is 4. The summed E-state index contributed by atoms with van der Waals surface area (Å²) in [7, 11) is 2.05. The Labute approximate surface area is 193 Å². The fourth-order valence-corrected chi connectivity index (χ4v) is 4.10. The third kappa shape index (κ3) is 5.23. The van der Waals surface area contributed by atoms with Gasteiger partial charge in [-0.25, -0.2) is 4.98 Å². The topological polar surface area (TPSA) is 62.6 Å². The number of nitrogens with one attached hydrogen (secondary N) is 1. The number of benzene rings is 2. The van der Waals surface area contributed by atoms with Crippen molar-refractivity contribution < 1.29 is 9.53 Å². The monoisotopic (exact) mass is 455 g/mol. The number of carbonyl (C=O) groups is 1. The second kappa shape index (κ2) is 9.90. The van der Waals surface area contributed by atoms with Gasteiger partial charge in [0.2, 0.25) is 0 Å². The second-order valence-electron chi connectivity index (χ2n) is 8.25. The summed E-state index contributed by atoms with van der Waals surface area (Å²) in [4.78, 5) is 22.1. The molecule has 1 N–H and O–H groups in total. The molecule has 0 unspecified atom stereocenters. The van der Waals surface area contributed by atoms with Gasteiger partial charge >= 0.3 is 0 Å². The van der Waals surface area contributed by atoms with Crippen molar-refractivity contribution >= 4 is 34.2 Å². The highest BCUT2D eigenvalue weighted by Gasteiger charge is 2.18. The van der Waals surface area contributed by atoms with Crippen LogP contribution < -0.4 is 10.1 Å². The summed E-state index contributed by atoms with van der Waals surface area (Å²) in [5.74, 6) is 1.43. The maximum absolute atomic E-state index is 12.4. The third-order valence-electron chi connectivity index (χ3n) is 6.03. The Morgan fingerprint density at radius 1 is 1.12 bits per heavy atom. The zero-order chi connectivity index (χ0) is 22.7. The molecule has 1 aliphatic heterocycles. The van der Waals surface area contributed by atoms with Crippen molar-refractivity contribution in [2.75, 3.05) is 44.6 Å². The number of carbonyl (C=O) groups excluding carboxylic acids is 1. The summed E-state index contributed by atoms with van der Waals surface area (Å²) >= 11 is 6.03. The molecule has 1 saturated heterocycles. The normalized spacial score (nSPS) is 15.2. The van der Waals surface area contributed by atoms with E-state index in [1.54, 1.807) is 12.1 Å². The van der Waals surface area contributed by atoms with Crippen LogP contribution in [0.25, 0.3) is 11.0 Å². The fraction of sp³-hybridized carbons (Fsp3) is 0.417. The Balaban J connectivity index is 1.37. The molecule has 1 fully saturated rings. The first-order valence-corrected chi connectivity index (χ1v) is 11.4. The number of fused-ring (bicyclic) bond motifs is 1. The summed E-state index contributed by atoms with van der Waals surface area (Å²) < 4.78 is 7.73. The summed E-state index contributed by atoms with van der Waals surface area (Å²) in [5.41, 5.74) is 3.55. The number of hydrogen-bond acceptors (Lipinski definition) is 5. The second-order valence-corrected chi connectivity index (χ2v) is 8.66. The lowest BCUT2D eigenvalue weighted by Gasteiger charge is -2.33. The number of rotatable bonds is 7. The fourth-order valence-electron chi connectivity index (χ4n) is 3.99. The highest BCUT2D eigenvalue weighted by Crippen LogP contribution is 2.22. The summed E-state index contributed by atoms with van der Waals surface area (Å²) in [5, 5.41) is 3.57. The van der Waals surface area contributed by atoms with Crippen molar-refractivity contribution in [2.24, 2.45) is 7.05 Å². The Morgan fingerprint density at radius 3 is 2.59 bits per heavy atom. The number of imidazole rings is 1. The van der Waals surface area contributed by atoms with Crippen LogP contribution in [0.4, 0.5) is 5.69 Å². The molecule has 0 aliphatic carbocycles. The zero-order valence-corrected chi connectivity index (χ0v) is 19.7. The zero-order valence-electron chi connectivity index (χ0n) is 18.9. The van der Waals surface area contributed by atoms with E-state index in [-0.39, 0.29) is 12.5 Å². The van der Waals surface area contributed by atoms with Crippen molar-refractivity contribution in [1.82, 2.24) is 19.4 Å². The minimum atomic E-state index is -0.220. The Kier molecular flexibility index (Phi) is 6.98. The highest BCUT2D eigenvalue weighted by molar-refractivity contribution is 6.31. The third-order valence-corrected chi connectivity index (χ3v) is 6.46. The minimum absolute atomic E-state index is 0.0731. The van der Waals surface area contributed by atoms with E-state index < -0.39 is 0 Å². The van der Waals surface area contributed by atoms with Gasteiger partial charge < -0.3 is 19.5 Å². The van der Waals surface area contributed by atoms with Gasteiger partial charge in [-0.3, -0.25) is 9.69 Å². The molecule has 32 heavy (non-hydrogen) atoms. The van der Waals surface area contributed by atoms with Gasteiger partial charge in [0.25, 0.3) is 5.91 Å². The molecule has 1 aliphatic rings. The number of ether oxygens (including phenoxy) is 1. The molecule has 2 aromatic carbocycles. The maximum Gasteiger partial charge on any atom is 0.262 e. The summed E-state index contributed by atoms with van der Waals surface area (Å²) in [6.07, 6.45) is 0. The average molecular weight is 456 g/mol. The summed E-state index contributed by atoms with van der Waals surface area (Å²) in [6, 6.07) is 11.2. The molecule has 0 bridgehead atoms. The van der Waals surface area contributed by atoms with Crippen LogP contribution in [0.2, 0.25) is 5.02 Å². The van der Waals surface area contributed by atoms with E-state index in [1.165, 1.54) is 0 Å². The molecule has 0 radical (unpaired) electrons. The van der Waals surface area contributed by atoms with Gasteiger partial charge in [-0.1, -0.05) is 18.5 Å². The summed E-state index contributed by atoms with van der Waals surface area (Å²) in [6.45, 7) is 10.3. The smallest absolute Gasteiger partial charge is 0.262 e. The maximum atomic E-state index is 12.4. The van der Waals surface area contributed by atoms with E-state index in [0.717, 1.165) is 61.7 Å². The Hall–Kier alpha value is -2.61. The average Bonchev–Trinajstić information content (AvgIpc) is 3.09. The molecule has 7 nitrogen and oxygen atoms in total. The van der Waals surface area contributed by atoms with Crippen molar-refractivity contribution in [3.8, 4) is 5.75 Å². The lowest BCUT2D eigenvalue weighted by atomic mass is 10.2. The number of amides is 1. The largest absolute Gasteiger partial charge is 0.484 e. The number of hydrogen-bond donors (Lipinski definition) is 1. The van der Waals surface area contributed by atoms with Crippen LogP contribution in [0, 0.1) is 6.92 Å². The lowest BCUT2D eigenvalue weighted by Crippen LogP contribution is -2.45. The molecule has 0 spiro atoms. The van der Waals surface area contributed by atoms with Crippen molar-refractivity contribution in [3.05, 3.63) is 52.8 Å². The minimum Gasteiger partial charge on any atom is -0.484 e. The molecule has 170 valence electrons. The predicted octanol–water partition coefficient (Wildman–Crippen LogP) is 3.69. The number of anilines is 1. The number of piperazine rings is 1. The van der Waals surface area contributed by atoms with Crippen molar-refractivity contribution in [1.29, 1.82) is 0 Å². The van der Waals surface area contributed by atoms with Crippen LogP contribution in [-0.4, -0.2) is 64.6 Å². The Bertz CT molecular complexity index is 1110. The van der Waals surface area contributed by atoms with Crippen LogP contribution in [0.5, 0.6) is 5.75 Å². The number of aromatic nitrogens is 2. The molecule has 3 aromatic rings. The Morgan fingerprint density at radius 2 is 1.88 bits per heavy atom. The van der Waals surface area contributed by atoms with Gasteiger partial charge in [-0.05, 0) is 55.4 Å². The van der Waals surface area contributed by atoms with E-state index in [2.05, 4.69) is 26.6 Å². The molecule has 4 rings (SSSR count). The first-order chi connectivity index (χ1) is 15.4. The predicted molar refractivity (Wildman–Crippen MR) is 128 cm³/mol. The van der Waals surface area contributed by atoms with Gasteiger partial charge in [-0.2, -0.15) is 0 Å². The van der Waals surface area contributed by atoms with Gasteiger partial charge in [0.05, 0.1) is 17.6 Å². The van der Waals surface area contributed by atoms with E-state index in [9.17, 15) is 4.79 Å². The van der Waals surface area contributed by atoms with Gasteiger partial charge in [0.1, 0.15) is 11.6 Å². The molecule has 2 heterocycles. The van der Waals surface area contributed by atoms with E-state index in [4.69, 9.17) is 21.3 Å². The highest BCUT2D eigenvalue weighted by atomic mass is 35.5. The van der Waals surface area contributed by atoms with Crippen LogP contribution in [0.15, 0.2) is 36.4 Å². The first kappa shape index (κ1) is 22.6. The van der Waals surface area contributed by atoms with Gasteiger partial charge in [0.15, 0.2) is 6.61 Å². The number of likely N-dealkylation sites (N-methyl/N-ethyl adjacent to an activating group) is 1. The molecule has 0 atom stereocenters. The molecule has 0 saturated carbocycles. The van der Waals surface area contributed by atoms with E-state index in [0.29, 0.717) is 16.5 Å². The molecule has 8 heteroatoms. The number of aryl methyl sites for hydroxylation is 2. The first-order valence-electron chi connectivity index (χ1n) is 11.0. The van der Waals surface area contributed by atoms with Gasteiger partial charge in [0, 0.05) is 43.9 Å². The molecule has 1 aromatic heterocycles. The molecular weight excluding hydrogens is 426 g/mol. The van der Waals surface area contributed by atoms with Crippen LogP contribution >= 0.6 is 11.6 Å².